The van der Waals surface area contributed by atoms with E-state index in [1.54, 1.807) is 18.2 Å². The van der Waals surface area contributed by atoms with E-state index in [2.05, 4.69) is 27.6 Å². The molecule has 1 aliphatic rings. The molecule has 2 unspecified atom stereocenters. The van der Waals surface area contributed by atoms with Gasteiger partial charge in [-0.05, 0) is 46.8 Å². The highest BCUT2D eigenvalue weighted by Gasteiger charge is 2.27. The fraction of sp³-hybridized carbons (Fsp3) is 0.571. The minimum absolute atomic E-state index is 0.0309. The Morgan fingerprint density at radius 2 is 2.00 bits per heavy atom. The van der Waals surface area contributed by atoms with Crippen molar-refractivity contribution in [1.82, 2.24) is 4.72 Å². The second-order valence-corrected chi connectivity index (χ2v) is 7.85. The maximum absolute atomic E-state index is 12.4. The third kappa shape index (κ3) is 3.54. The second kappa shape index (κ2) is 6.45. The molecule has 2 rings (SSSR count). The molecule has 0 radical (unpaired) electrons. The molecule has 4 nitrogen and oxygen atoms in total. The molecule has 1 aromatic rings. The molecular weight excluding hydrogens is 342 g/mol. The van der Waals surface area contributed by atoms with Crippen LogP contribution < -0.4 is 9.46 Å². The molecule has 0 amide bonds. The monoisotopic (exact) mass is 361 g/mol. The van der Waals surface area contributed by atoms with E-state index in [4.69, 9.17) is 4.74 Å². The first-order valence-electron chi connectivity index (χ1n) is 6.80. The average Bonchev–Trinajstić information content (AvgIpc) is 2.41. The number of nitrogens with one attached hydrogen (secondary N) is 1. The zero-order chi connectivity index (χ0) is 14.8. The van der Waals surface area contributed by atoms with Crippen molar-refractivity contribution < 1.29 is 13.2 Å². The lowest BCUT2D eigenvalue weighted by Crippen LogP contribution is -2.40. The molecule has 0 aliphatic heterocycles. The molecule has 1 aliphatic carbocycles. The van der Waals surface area contributed by atoms with E-state index < -0.39 is 10.0 Å². The molecule has 0 spiro atoms. The van der Waals surface area contributed by atoms with Gasteiger partial charge in [0, 0.05) is 12.1 Å². The molecule has 0 heterocycles. The van der Waals surface area contributed by atoms with E-state index in [9.17, 15) is 8.42 Å². The molecule has 6 heteroatoms. The number of methoxy groups -OCH3 is 1. The molecule has 1 saturated carbocycles. The standard InChI is InChI=1S/C14H20BrNO3S/c1-10-5-3-4-6-13(10)16-20(17,18)11-7-8-12(15)14(9-11)19-2/h7-10,13,16H,3-6H2,1-2H3. The van der Waals surface area contributed by atoms with Crippen molar-refractivity contribution in [2.45, 2.75) is 43.5 Å². The number of halogens is 1. The minimum Gasteiger partial charge on any atom is -0.496 e. The Bertz CT molecular complexity index is 574. The summed E-state index contributed by atoms with van der Waals surface area (Å²) in [7, 11) is -1.97. The SMILES string of the molecule is COc1cc(S(=O)(=O)NC2CCCCC2C)ccc1Br. The maximum Gasteiger partial charge on any atom is 0.240 e. The summed E-state index contributed by atoms with van der Waals surface area (Å²) in [6, 6.07) is 4.85. The molecule has 1 aromatic carbocycles. The highest BCUT2D eigenvalue weighted by atomic mass is 79.9. The summed E-state index contributed by atoms with van der Waals surface area (Å²) in [4.78, 5) is 0.246. The molecule has 2 atom stereocenters. The van der Waals surface area contributed by atoms with Crippen LogP contribution in [0.1, 0.15) is 32.6 Å². The number of rotatable bonds is 4. The second-order valence-electron chi connectivity index (χ2n) is 5.29. The summed E-state index contributed by atoms with van der Waals surface area (Å²) >= 11 is 3.33. The summed E-state index contributed by atoms with van der Waals surface area (Å²) in [5.74, 6) is 0.903. The average molecular weight is 362 g/mol. The normalized spacial score (nSPS) is 23.6. The third-order valence-electron chi connectivity index (χ3n) is 3.85. The molecule has 112 valence electrons. The van der Waals surface area contributed by atoms with Crippen LogP contribution in [0, 0.1) is 5.92 Å². The van der Waals surface area contributed by atoms with Crippen LogP contribution in [-0.2, 0) is 10.0 Å². The van der Waals surface area contributed by atoms with E-state index in [0.717, 1.165) is 23.7 Å². The Labute approximate surface area is 129 Å². The van der Waals surface area contributed by atoms with Crippen LogP contribution >= 0.6 is 15.9 Å². The first-order valence-corrected chi connectivity index (χ1v) is 9.07. The van der Waals surface area contributed by atoms with Gasteiger partial charge in [-0.3, -0.25) is 0 Å². The first-order chi connectivity index (χ1) is 9.44. The van der Waals surface area contributed by atoms with Gasteiger partial charge >= 0.3 is 0 Å². The predicted molar refractivity (Wildman–Crippen MR) is 82.4 cm³/mol. The van der Waals surface area contributed by atoms with Crippen molar-refractivity contribution in [3.8, 4) is 5.75 Å². The van der Waals surface area contributed by atoms with Crippen LogP contribution in [0.15, 0.2) is 27.6 Å². The van der Waals surface area contributed by atoms with Gasteiger partial charge in [-0.15, -0.1) is 0 Å². The smallest absolute Gasteiger partial charge is 0.240 e. The lowest BCUT2D eigenvalue weighted by Gasteiger charge is -2.29. The third-order valence-corrected chi connectivity index (χ3v) is 5.99. The van der Waals surface area contributed by atoms with Crippen molar-refractivity contribution in [2.75, 3.05) is 7.11 Å². The molecule has 0 saturated heterocycles. The summed E-state index contributed by atoms with van der Waals surface area (Å²) in [5.41, 5.74) is 0. The number of ether oxygens (including phenoxy) is 1. The Morgan fingerprint density at radius 3 is 2.65 bits per heavy atom. The highest BCUT2D eigenvalue weighted by Crippen LogP contribution is 2.29. The number of hydrogen-bond acceptors (Lipinski definition) is 3. The van der Waals surface area contributed by atoms with Crippen molar-refractivity contribution in [2.24, 2.45) is 5.92 Å². The van der Waals surface area contributed by atoms with Crippen molar-refractivity contribution in [1.29, 1.82) is 0 Å². The zero-order valence-electron chi connectivity index (χ0n) is 11.7. The van der Waals surface area contributed by atoms with E-state index in [1.807, 2.05) is 0 Å². The molecule has 20 heavy (non-hydrogen) atoms. The first kappa shape index (κ1) is 15.8. The van der Waals surface area contributed by atoms with Crippen LogP contribution in [0.3, 0.4) is 0 Å². The Kier molecular flexibility index (Phi) is 5.09. The van der Waals surface area contributed by atoms with E-state index in [0.29, 0.717) is 11.7 Å². The summed E-state index contributed by atoms with van der Waals surface area (Å²) in [5, 5.41) is 0. The topological polar surface area (TPSA) is 55.4 Å². The van der Waals surface area contributed by atoms with Gasteiger partial charge in [-0.25, -0.2) is 13.1 Å². The lowest BCUT2D eigenvalue weighted by atomic mass is 9.87. The van der Waals surface area contributed by atoms with Gasteiger partial charge in [0.05, 0.1) is 16.5 Å². The van der Waals surface area contributed by atoms with Gasteiger partial charge in [0.15, 0.2) is 0 Å². The summed E-state index contributed by atoms with van der Waals surface area (Å²) in [6.45, 7) is 2.11. The largest absolute Gasteiger partial charge is 0.496 e. The molecule has 1 fully saturated rings. The quantitative estimate of drug-likeness (QED) is 0.894. The molecule has 1 N–H and O–H groups in total. The van der Waals surface area contributed by atoms with Crippen LogP contribution in [0.5, 0.6) is 5.75 Å². The summed E-state index contributed by atoms with van der Waals surface area (Å²) < 4.78 is 33.6. The number of benzene rings is 1. The molecular formula is C14H20BrNO3S. The van der Waals surface area contributed by atoms with Gasteiger partial charge in [0.1, 0.15) is 5.75 Å². The van der Waals surface area contributed by atoms with Crippen LogP contribution in [0.4, 0.5) is 0 Å². The Balaban J connectivity index is 2.21. The van der Waals surface area contributed by atoms with E-state index in [-0.39, 0.29) is 10.9 Å². The van der Waals surface area contributed by atoms with Crippen LogP contribution in [0.25, 0.3) is 0 Å². The summed E-state index contributed by atoms with van der Waals surface area (Å²) in [6.07, 6.45) is 4.26. The zero-order valence-corrected chi connectivity index (χ0v) is 14.1. The van der Waals surface area contributed by atoms with Gasteiger partial charge in [0.25, 0.3) is 0 Å². The van der Waals surface area contributed by atoms with Gasteiger partial charge < -0.3 is 4.74 Å². The lowest BCUT2D eigenvalue weighted by molar-refractivity contribution is 0.310. The van der Waals surface area contributed by atoms with E-state index in [1.165, 1.54) is 13.5 Å². The van der Waals surface area contributed by atoms with Gasteiger partial charge in [-0.1, -0.05) is 19.8 Å². The highest BCUT2D eigenvalue weighted by molar-refractivity contribution is 9.10. The number of sulfonamides is 1. The molecule has 0 aromatic heterocycles. The van der Waals surface area contributed by atoms with Gasteiger partial charge in [-0.2, -0.15) is 0 Å². The van der Waals surface area contributed by atoms with Crippen LogP contribution in [0.2, 0.25) is 0 Å². The van der Waals surface area contributed by atoms with Crippen molar-refractivity contribution in [3.05, 3.63) is 22.7 Å². The fourth-order valence-corrected chi connectivity index (χ4v) is 4.37. The van der Waals surface area contributed by atoms with E-state index >= 15 is 0 Å². The molecule has 0 bridgehead atoms. The van der Waals surface area contributed by atoms with Gasteiger partial charge in [0.2, 0.25) is 10.0 Å². The van der Waals surface area contributed by atoms with Crippen molar-refractivity contribution in [3.63, 3.8) is 0 Å². The van der Waals surface area contributed by atoms with Crippen LogP contribution in [-0.4, -0.2) is 21.6 Å². The predicted octanol–water partition coefficient (Wildman–Crippen LogP) is 3.31. The Morgan fingerprint density at radius 1 is 1.30 bits per heavy atom. The number of hydrogen-bond donors (Lipinski definition) is 1. The Hall–Kier alpha value is -0.590. The fourth-order valence-electron chi connectivity index (χ4n) is 2.57. The van der Waals surface area contributed by atoms with Crippen molar-refractivity contribution >= 4 is 26.0 Å². The minimum atomic E-state index is -3.49. The maximum atomic E-state index is 12.4.